The molecule has 0 saturated heterocycles. The molecule has 62 valence electrons. The van der Waals surface area contributed by atoms with Gasteiger partial charge in [0.2, 0.25) is 0 Å². The molecule has 11 heavy (non-hydrogen) atoms. The summed E-state index contributed by atoms with van der Waals surface area (Å²) in [6.07, 6.45) is 0. The third kappa shape index (κ3) is 1.74. The third-order valence-corrected chi connectivity index (χ3v) is 1.90. The van der Waals surface area contributed by atoms with Crippen LogP contribution in [0.4, 0.5) is 0 Å². The zero-order chi connectivity index (χ0) is 8.65. The number of nitrogens with zero attached hydrogens (tertiary/aromatic N) is 1. The molecule has 3 heteroatoms. The van der Waals surface area contributed by atoms with Gasteiger partial charge in [0.1, 0.15) is 11.0 Å². The summed E-state index contributed by atoms with van der Waals surface area (Å²) in [6.45, 7) is 8.19. The average Bonchev–Trinajstić information content (AvgIpc) is 2.11. The molecule has 0 unspecified atom stereocenters. The predicted molar refractivity (Wildman–Crippen MR) is 47.0 cm³/mol. The van der Waals surface area contributed by atoms with Gasteiger partial charge in [0.15, 0.2) is 0 Å². The lowest BCUT2D eigenvalue weighted by Gasteiger charge is -2.13. The molecule has 1 heterocycles. The van der Waals surface area contributed by atoms with E-state index in [-0.39, 0.29) is 5.41 Å². The molecular weight excluding hydrogens is 160 g/mol. The number of H-pyrrole nitrogens is 1. The van der Waals surface area contributed by atoms with Crippen molar-refractivity contribution in [3.63, 3.8) is 0 Å². The number of rotatable bonds is 0. The molecule has 0 saturated carbocycles. The monoisotopic (exact) mass is 172 g/mol. The maximum atomic E-state index is 5.82. The molecule has 0 amide bonds. The van der Waals surface area contributed by atoms with Crippen LogP contribution >= 0.6 is 11.6 Å². The van der Waals surface area contributed by atoms with E-state index in [1.165, 1.54) is 0 Å². The predicted octanol–water partition coefficient (Wildman–Crippen LogP) is 2.67. The first-order chi connectivity index (χ1) is 4.91. The topological polar surface area (TPSA) is 28.7 Å². The molecule has 0 fully saturated rings. The van der Waals surface area contributed by atoms with Gasteiger partial charge in [-0.3, -0.25) is 0 Å². The summed E-state index contributed by atoms with van der Waals surface area (Å²) >= 11 is 5.82. The lowest BCUT2D eigenvalue weighted by Crippen LogP contribution is -2.13. The Morgan fingerprint density at radius 3 is 2.09 bits per heavy atom. The number of hydrogen-bond donors (Lipinski definition) is 1. The first-order valence-electron chi connectivity index (χ1n) is 3.64. The van der Waals surface area contributed by atoms with Gasteiger partial charge in [-0.2, -0.15) is 0 Å². The van der Waals surface area contributed by atoms with Crippen molar-refractivity contribution in [1.29, 1.82) is 0 Å². The Kier molecular flexibility index (Phi) is 1.97. The Morgan fingerprint density at radius 1 is 1.36 bits per heavy atom. The van der Waals surface area contributed by atoms with Crippen LogP contribution in [0.5, 0.6) is 0 Å². The number of aromatic nitrogens is 2. The highest BCUT2D eigenvalue weighted by Gasteiger charge is 2.18. The standard InChI is InChI=1S/C8H13ClN2/c1-5-6(9)11-7(10-5)8(2,3)4/h1-4H3,(H,10,11). The van der Waals surface area contributed by atoms with Crippen molar-refractivity contribution in [3.8, 4) is 0 Å². The lowest BCUT2D eigenvalue weighted by molar-refractivity contribution is 0.552. The minimum Gasteiger partial charge on any atom is -0.332 e. The molecule has 2 nitrogen and oxygen atoms in total. The normalized spacial score (nSPS) is 12.1. The van der Waals surface area contributed by atoms with E-state index in [9.17, 15) is 0 Å². The molecule has 0 aliphatic rings. The van der Waals surface area contributed by atoms with Gasteiger partial charge in [-0.15, -0.1) is 0 Å². The van der Waals surface area contributed by atoms with Crippen molar-refractivity contribution in [1.82, 2.24) is 9.97 Å². The average molecular weight is 173 g/mol. The fraction of sp³-hybridized carbons (Fsp3) is 0.625. The van der Waals surface area contributed by atoms with E-state index in [0.29, 0.717) is 5.15 Å². The largest absolute Gasteiger partial charge is 0.332 e. The van der Waals surface area contributed by atoms with Gasteiger partial charge in [-0.25, -0.2) is 4.98 Å². The highest BCUT2D eigenvalue weighted by Crippen LogP contribution is 2.22. The van der Waals surface area contributed by atoms with Gasteiger partial charge in [0.05, 0.1) is 5.69 Å². The van der Waals surface area contributed by atoms with E-state index in [2.05, 4.69) is 30.7 Å². The third-order valence-electron chi connectivity index (χ3n) is 1.54. The quantitative estimate of drug-likeness (QED) is 0.641. The van der Waals surface area contributed by atoms with Crippen molar-refractivity contribution >= 4 is 11.6 Å². The van der Waals surface area contributed by atoms with E-state index in [0.717, 1.165) is 11.5 Å². The number of aromatic amines is 1. The number of nitrogens with one attached hydrogen (secondary N) is 1. The molecule has 1 rings (SSSR count). The summed E-state index contributed by atoms with van der Waals surface area (Å²) in [5.41, 5.74) is 0.925. The fourth-order valence-electron chi connectivity index (χ4n) is 0.794. The Morgan fingerprint density at radius 2 is 1.91 bits per heavy atom. The molecule has 0 spiro atoms. The van der Waals surface area contributed by atoms with Crippen LogP contribution in [0.1, 0.15) is 32.3 Å². The van der Waals surface area contributed by atoms with Crippen LogP contribution in [-0.4, -0.2) is 9.97 Å². The molecule has 0 aliphatic carbocycles. The number of hydrogen-bond acceptors (Lipinski definition) is 1. The van der Waals surface area contributed by atoms with Crippen LogP contribution in [0, 0.1) is 6.92 Å². The first-order valence-corrected chi connectivity index (χ1v) is 4.01. The summed E-state index contributed by atoms with van der Waals surface area (Å²) in [5, 5.41) is 0.648. The minimum atomic E-state index is 0.0535. The van der Waals surface area contributed by atoms with Gasteiger partial charge in [0, 0.05) is 5.41 Å². The van der Waals surface area contributed by atoms with Gasteiger partial charge in [-0.1, -0.05) is 32.4 Å². The summed E-state index contributed by atoms with van der Waals surface area (Å²) in [7, 11) is 0. The lowest BCUT2D eigenvalue weighted by atomic mass is 9.96. The van der Waals surface area contributed by atoms with Crippen LogP contribution in [0.15, 0.2) is 0 Å². The summed E-state index contributed by atoms with van der Waals surface area (Å²) < 4.78 is 0. The van der Waals surface area contributed by atoms with Crippen LogP contribution in [-0.2, 0) is 5.41 Å². The highest BCUT2D eigenvalue weighted by molar-refractivity contribution is 6.30. The minimum absolute atomic E-state index is 0.0535. The van der Waals surface area contributed by atoms with Crippen molar-refractivity contribution in [2.24, 2.45) is 0 Å². The highest BCUT2D eigenvalue weighted by atomic mass is 35.5. The maximum Gasteiger partial charge on any atom is 0.129 e. The van der Waals surface area contributed by atoms with E-state index < -0.39 is 0 Å². The van der Waals surface area contributed by atoms with Crippen LogP contribution in [0.2, 0.25) is 5.15 Å². The first kappa shape index (κ1) is 8.60. The molecule has 0 aromatic carbocycles. The van der Waals surface area contributed by atoms with Gasteiger partial charge in [0.25, 0.3) is 0 Å². The van der Waals surface area contributed by atoms with Gasteiger partial charge in [-0.05, 0) is 6.92 Å². The molecule has 0 radical (unpaired) electrons. The molecule has 1 aromatic heterocycles. The molecule has 0 aliphatic heterocycles. The smallest absolute Gasteiger partial charge is 0.129 e. The molecule has 0 atom stereocenters. The molecule has 1 aromatic rings. The van der Waals surface area contributed by atoms with Gasteiger partial charge >= 0.3 is 0 Å². The van der Waals surface area contributed by atoms with E-state index >= 15 is 0 Å². The number of halogens is 1. The maximum absolute atomic E-state index is 5.82. The summed E-state index contributed by atoms with van der Waals surface area (Å²) in [6, 6.07) is 0. The van der Waals surface area contributed by atoms with Gasteiger partial charge < -0.3 is 4.98 Å². The van der Waals surface area contributed by atoms with E-state index in [4.69, 9.17) is 11.6 Å². The van der Waals surface area contributed by atoms with E-state index in [1.807, 2.05) is 6.92 Å². The molecular formula is C8H13ClN2. The molecule has 0 bridgehead atoms. The van der Waals surface area contributed by atoms with Crippen molar-refractivity contribution in [2.75, 3.05) is 0 Å². The number of aryl methyl sites for hydroxylation is 1. The zero-order valence-corrected chi connectivity index (χ0v) is 8.08. The Bertz CT molecular complexity index is 238. The summed E-state index contributed by atoms with van der Waals surface area (Å²) in [5.74, 6) is 0.944. The van der Waals surface area contributed by atoms with Crippen LogP contribution < -0.4 is 0 Å². The summed E-state index contributed by atoms with van der Waals surface area (Å²) in [4.78, 5) is 7.33. The molecule has 1 N–H and O–H groups in total. The van der Waals surface area contributed by atoms with Crippen molar-refractivity contribution in [2.45, 2.75) is 33.1 Å². The van der Waals surface area contributed by atoms with E-state index in [1.54, 1.807) is 0 Å². The second-order valence-electron chi connectivity index (χ2n) is 3.73. The Hall–Kier alpha value is -0.500. The Labute approximate surface area is 72.0 Å². The van der Waals surface area contributed by atoms with Crippen LogP contribution in [0.25, 0.3) is 0 Å². The van der Waals surface area contributed by atoms with Crippen molar-refractivity contribution < 1.29 is 0 Å². The number of imidazole rings is 1. The zero-order valence-electron chi connectivity index (χ0n) is 7.33. The van der Waals surface area contributed by atoms with Crippen LogP contribution in [0.3, 0.4) is 0 Å². The second-order valence-corrected chi connectivity index (χ2v) is 4.11. The van der Waals surface area contributed by atoms with Crippen molar-refractivity contribution in [3.05, 3.63) is 16.7 Å². The SMILES string of the molecule is Cc1nc(C(C)(C)C)[nH]c1Cl. The second kappa shape index (κ2) is 2.52. The Balaban J connectivity index is 3.08. The fourth-order valence-corrected chi connectivity index (χ4v) is 0.926.